The van der Waals surface area contributed by atoms with E-state index in [0.29, 0.717) is 6.42 Å². The lowest BCUT2D eigenvalue weighted by Crippen LogP contribution is -2.13. The number of nitrogens with one attached hydrogen (secondary N) is 1. The molecule has 1 amide bonds. The van der Waals surface area contributed by atoms with Gasteiger partial charge in [0.2, 0.25) is 5.91 Å². The van der Waals surface area contributed by atoms with Gasteiger partial charge in [0.15, 0.2) is 0 Å². The van der Waals surface area contributed by atoms with E-state index in [9.17, 15) is 4.79 Å². The molecule has 0 bridgehead atoms. The molecule has 3 heteroatoms. The van der Waals surface area contributed by atoms with Crippen molar-refractivity contribution in [2.75, 3.05) is 5.32 Å². The van der Waals surface area contributed by atoms with E-state index in [1.54, 1.807) is 0 Å². The highest BCUT2D eigenvalue weighted by Crippen LogP contribution is 2.29. The Labute approximate surface area is 139 Å². The van der Waals surface area contributed by atoms with Crippen molar-refractivity contribution in [1.82, 2.24) is 4.57 Å². The number of benzene rings is 1. The summed E-state index contributed by atoms with van der Waals surface area (Å²) >= 11 is 0. The van der Waals surface area contributed by atoms with E-state index in [1.807, 2.05) is 13.2 Å². The van der Waals surface area contributed by atoms with Crippen LogP contribution in [0.25, 0.3) is 10.9 Å². The highest BCUT2D eigenvalue weighted by molar-refractivity contribution is 6.03. The first-order valence-corrected chi connectivity index (χ1v) is 8.99. The van der Waals surface area contributed by atoms with Gasteiger partial charge < -0.3 is 9.88 Å². The Bertz CT molecular complexity index is 678. The first kappa shape index (κ1) is 16.1. The molecule has 0 atom stereocenters. The second-order valence-electron chi connectivity index (χ2n) is 7.07. The fraction of sp³-hybridized carbons (Fsp3) is 0.550. The van der Waals surface area contributed by atoms with Gasteiger partial charge in [0.25, 0.3) is 0 Å². The smallest absolute Gasteiger partial charge is 0.224 e. The third-order valence-electron chi connectivity index (χ3n) is 5.25. The van der Waals surface area contributed by atoms with Crippen molar-refractivity contribution in [1.29, 1.82) is 0 Å². The lowest BCUT2D eigenvalue weighted by molar-refractivity contribution is -0.116. The molecule has 0 unspecified atom stereocenters. The predicted octanol–water partition coefficient (Wildman–Crippen LogP) is 5.18. The van der Waals surface area contributed by atoms with Gasteiger partial charge in [0.05, 0.1) is 11.2 Å². The Hall–Kier alpha value is -1.77. The van der Waals surface area contributed by atoms with Crippen LogP contribution in [0.1, 0.15) is 56.9 Å². The highest BCUT2D eigenvalue weighted by atomic mass is 16.1. The molecule has 23 heavy (non-hydrogen) atoms. The summed E-state index contributed by atoms with van der Waals surface area (Å²) in [6.07, 6.45) is 11.8. The van der Waals surface area contributed by atoms with Gasteiger partial charge in [-0.2, -0.15) is 0 Å². The van der Waals surface area contributed by atoms with Gasteiger partial charge in [-0.25, -0.2) is 0 Å². The molecule has 1 heterocycles. The molecule has 3 rings (SSSR count). The number of rotatable bonds is 4. The normalized spacial score (nSPS) is 16.4. The van der Waals surface area contributed by atoms with E-state index in [2.05, 4.69) is 35.0 Å². The van der Waals surface area contributed by atoms with Gasteiger partial charge >= 0.3 is 0 Å². The molecule has 0 spiro atoms. The van der Waals surface area contributed by atoms with Crippen LogP contribution in [0, 0.1) is 12.8 Å². The van der Waals surface area contributed by atoms with Gasteiger partial charge in [0, 0.05) is 25.1 Å². The molecule has 0 radical (unpaired) electrons. The highest BCUT2D eigenvalue weighted by Gasteiger charge is 2.15. The summed E-state index contributed by atoms with van der Waals surface area (Å²) in [5.41, 5.74) is 3.33. The van der Waals surface area contributed by atoms with Crippen molar-refractivity contribution >= 4 is 22.5 Å². The topological polar surface area (TPSA) is 34.0 Å². The van der Waals surface area contributed by atoms with Crippen LogP contribution in [0.3, 0.4) is 0 Å². The minimum absolute atomic E-state index is 0.157. The summed E-state index contributed by atoms with van der Waals surface area (Å²) in [6, 6.07) is 6.27. The van der Waals surface area contributed by atoms with Crippen molar-refractivity contribution in [2.45, 2.75) is 58.3 Å². The number of anilines is 1. The Morgan fingerprint density at radius 2 is 1.96 bits per heavy atom. The van der Waals surface area contributed by atoms with Crippen LogP contribution in [-0.4, -0.2) is 10.5 Å². The molecule has 3 nitrogen and oxygen atoms in total. The van der Waals surface area contributed by atoms with Crippen LogP contribution in [0.5, 0.6) is 0 Å². The van der Waals surface area contributed by atoms with Crippen LogP contribution in [0.15, 0.2) is 24.4 Å². The number of fused-ring (bicyclic) bond motifs is 1. The van der Waals surface area contributed by atoms with E-state index in [1.165, 1.54) is 49.6 Å². The molecule has 0 saturated heterocycles. The van der Waals surface area contributed by atoms with Crippen LogP contribution in [0.2, 0.25) is 0 Å². The zero-order chi connectivity index (χ0) is 16.2. The lowest BCUT2D eigenvalue weighted by atomic mass is 9.95. The standard InChI is InChI=1S/C20H28N2O/c1-15-8-7-11-18-20(15)17(14-22(18)2)21-19(23)13-12-16-9-5-3-4-6-10-16/h7-8,11,14,16H,3-6,9-10,12-13H2,1-2H3,(H,21,23). The number of aromatic nitrogens is 1. The fourth-order valence-electron chi connectivity index (χ4n) is 3.92. The number of carbonyl (C=O) groups excluding carboxylic acids is 1. The third-order valence-corrected chi connectivity index (χ3v) is 5.25. The number of hydrogen-bond acceptors (Lipinski definition) is 1. The van der Waals surface area contributed by atoms with Crippen LogP contribution >= 0.6 is 0 Å². The molecular weight excluding hydrogens is 284 g/mol. The first-order chi connectivity index (χ1) is 11.1. The van der Waals surface area contributed by atoms with E-state index in [4.69, 9.17) is 0 Å². The molecule has 1 N–H and O–H groups in total. The minimum Gasteiger partial charge on any atom is -0.348 e. The molecular formula is C20H28N2O. The Balaban J connectivity index is 1.64. The molecule has 2 aromatic rings. The summed E-state index contributed by atoms with van der Waals surface area (Å²) in [7, 11) is 2.03. The monoisotopic (exact) mass is 312 g/mol. The Kier molecular flexibility index (Phi) is 5.04. The second-order valence-corrected chi connectivity index (χ2v) is 7.07. The molecule has 1 fully saturated rings. The van der Waals surface area contributed by atoms with Gasteiger partial charge in [0.1, 0.15) is 0 Å². The fourth-order valence-corrected chi connectivity index (χ4v) is 3.92. The largest absolute Gasteiger partial charge is 0.348 e. The van der Waals surface area contributed by atoms with E-state index >= 15 is 0 Å². The maximum atomic E-state index is 12.4. The van der Waals surface area contributed by atoms with Crippen LogP contribution in [0.4, 0.5) is 5.69 Å². The summed E-state index contributed by atoms with van der Waals surface area (Å²) in [5.74, 6) is 0.905. The van der Waals surface area contributed by atoms with Crippen molar-refractivity contribution in [3.8, 4) is 0 Å². The SMILES string of the molecule is Cc1cccc2c1c(NC(=O)CCC1CCCCCC1)cn2C. The zero-order valence-electron chi connectivity index (χ0n) is 14.4. The molecule has 1 aromatic heterocycles. The second kappa shape index (κ2) is 7.20. The number of amides is 1. The van der Waals surface area contributed by atoms with Crippen LogP contribution in [-0.2, 0) is 11.8 Å². The van der Waals surface area contributed by atoms with Gasteiger partial charge in [-0.3, -0.25) is 4.79 Å². The Morgan fingerprint density at radius 3 is 2.70 bits per heavy atom. The first-order valence-electron chi connectivity index (χ1n) is 8.99. The summed E-state index contributed by atoms with van der Waals surface area (Å²) in [5, 5.41) is 4.31. The summed E-state index contributed by atoms with van der Waals surface area (Å²) < 4.78 is 2.09. The number of aryl methyl sites for hydroxylation is 2. The average molecular weight is 312 g/mol. The maximum absolute atomic E-state index is 12.4. The minimum atomic E-state index is 0.157. The summed E-state index contributed by atoms with van der Waals surface area (Å²) in [6.45, 7) is 2.10. The summed E-state index contributed by atoms with van der Waals surface area (Å²) in [4.78, 5) is 12.4. The van der Waals surface area contributed by atoms with E-state index < -0.39 is 0 Å². The van der Waals surface area contributed by atoms with Gasteiger partial charge in [-0.1, -0.05) is 50.7 Å². The van der Waals surface area contributed by atoms with Crippen LogP contribution < -0.4 is 5.32 Å². The van der Waals surface area contributed by atoms with E-state index in [0.717, 1.165) is 23.4 Å². The number of hydrogen-bond donors (Lipinski definition) is 1. The quantitative estimate of drug-likeness (QED) is 0.776. The zero-order valence-corrected chi connectivity index (χ0v) is 14.4. The Morgan fingerprint density at radius 1 is 1.22 bits per heavy atom. The molecule has 124 valence electrons. The van der Waals surface area contributed by atoms with Gasteiger partial charge in [-0.05, 0) is 30.9 Å². The van der Waals surface area contributed by atoms with Crippen molar-refractivity contribution in [3.05, 3.63) is 30.0 Å². The van der Waals surface area contributed by atoms with E-state index in [-0.39, 0.29) is 5.91 Å². The molecule has 1 aliphatic rings. The van der Waals surface area contributed by atoms with Crippen molar-refractivity contribution < 1.29 is 4.79 Å². The third kappa shape index (κ3) is 3.77. The number of carbonyl (C=O) groups is 1. The molecule has 0 aliphatic heterocycles. The van der Waals surface area contributed by atoms with Gasteiger partial charge in [-0.15, -0.1) is 0 Å². The average Bonchev–Trinajstić information content (AvgIpc) is 2.72. The van der Waals surface area contributed by atoms with Crippen molar-refractivity contribution in [3.63, 3.8) is 0 Å². The van der Waals surface area contributed by atoms with Crippen molar-refractivity contribution in [2.24, 2.45) is 13.0 Å². The molecule has 1 aliphatic carbocycles. The predicted molar refractivity (Wildman–Crippen MR) is 96.7 cm³/mol. The maximum Gasteiger partial charge on any atom is 0.224 e. The number of nitrogens with zero attached hydrogens (tertiary/aromatic N) is 1. The molecule has 1 saturated carbocycles. The lowest BCUT2D eigenvalue weighted by Gasteiger charge is -2.13. The molecule has 1 aromatic carbocycles.